The van der Waals surface area contributed by atoms with E-state index in [2.05, 4.69) is 10.3 Å². The van der Waals surface area contributed by atoms with Gasteiger partial charge in [0, 0.05) is 16.9 Å². The average Bonchev–Trinajstić information content (AvgIpc) is 2.38. The van der Waals surface area contributed by atoms with E-state index in [0.717, 1.165) is 5.56 Å². The number of amides is 1. The van der Waals surface area contributed by atoms with E-state index in [1.807, 2.05) is 6.92 Å². The van der Waals surface area contributed by atoms with Crippen LogP contribution in [0.2, 0.25) is 10.0 Å². The quantitative estimate of drug-likeness (QED) is 0.890. The first kappa shape index (κ1) is 13.6. The number of nitrogens with two attached hydrogens (primary N) is 1. The average molecular weight is 296 g/mol. The molecule has 0 aliphatic rings. The van der Waals surface area contributed by atoms with Crippen LogP contribution in [-0.2, 0) is 0 Å². The Morgan fingerprint density at radius 1 is 1.32 bits per heavy atom. The summed E-state index contributed by atoms with van der Waals surface area (Å²) in [4.78, 5) is 15.9. The molecule has 0 atom stereocenters. The van der Waals surface area contributed by atoms with E-state index >= 15 is 0 Å². The van der Waals surface area contributed by atoms with Gasteiger partial charge in [-0.2, -0.15) is 0 Å². The highest BCUT2D eigenvalue weighted by atomic mass is 35.5. The first-order valence-corrected chi connectivity index (χ1v) is 6.22. The molecule has 4 nitrogen and oxygen atoms in total. The van der Waals surface area contributed by atoms with Crippen LogP contribution in [0.3, 0.4) is 0 Å². The van der Waals surface area contributed by atoms with Gasteiger partial charge >= 0.3 is 0 Å². The number of nitrogen functional groups attached to an aromatic ring is 1. The highest BCUT2D eigenvalue weighted by Gasteiger charge is 2.13. The molecular weight excluding hydrogens is 285 g/mol. The Morgan fingerprint density at radius 2 is 2.05 bits per heavy atom. The van der Waals surface area contributed by atoms with Gasteiger partial charge in [0.2, 0.25) is 0 Å². The molecule has 3 N–H and O–H groups in total. The smallest absolute Gasteiger partial charge is 0.257 e. The fourth-order valence-corrected chi connectivity index (χ4v) is 1.93. The Balaban J connectivity index is 2.31. The molecule has 1 aromatic carbocycles. The molecule has 0 spiro atoms. The molecule has 0 aliphatic heterocycles. The SMILES string of the molecule is Cc1c(Cl)cccc1NC(=O)c1cc(N)ncc1Cl. The van der Waals surface area contributed by atoms with Gasteiger partial charge in [-0.05, 0) is 30.7 Å². The van der Waals surface area contributed by atoms with Gasteiger partial charge in [0.25, 0.3) is 5.91 Å². The van der Waals surface area contributed by atoms with E-state index in [1.54, 1.807) is 18.2 Å². The molecular formula is C13H11Cl2N3O. The summed E-state index contributed by atoms with van der Waals surface area (Å²) in [6.07, 6.45) is 1.34. The molecule has 0 saturated carbocycles. The number of rotatable bonds is 2. The third kappa shape index (κ3) is 2.97. The molecule has 1 heterocycles. The number of pyridine rings is 1. The monoisotopic (exact) mass is 295 g/mol. The van der Waals surface area contributed by atoms with Crippen molar-refractivity contribution in [3.8, 4) is 0 Å². The maximum absolute atomic E-state index is 12.1. The molecule has 98 valence electrons. The number of hydrogen-bond acceptors (Lipinski definition) is 3. The normalized spacial score (nSPS) is 10.3. The van der Waals surface area contributed by atoms with Crippen LogP contribution in [-0.4, -0.2) is 10.9 Å². The molecule has 0 unspecified atom stereocenters. The van der Waals surface area contributed by atoms with Crippen LogP contribution in [0.5, 0.6) is 0 Å². The van der Waals surface area contributed by atoms with E-state index in [-0.39, 0.29) is 22.3 Å². The summed E-state index contributed by atoms with van der Waals surface area (Å²) in [5.74, 6) is -0.123. The number of halogens is 2. The summed E-state index contributed by atoms with van der Waals surface area (Å²) < 4.78 is 0. The lowest BCUT2D eigenvalue weighted by Crippen LogP contribution is -2.14. The Kier molecular flexibility index (Phi) is 3.93. The maximum Gasteiger partial charge on any atom is 0.257 e. The zero-order valence-corrected chi connectivity index (χ0v) is 11.6. The minimum absolute atomic E-state index is 0.234. The molecule has 0 saturated heterocycles. The highest BCUT2D eigenvalue weighted by molar-refractivity contribution is 6.34. The Bertz CT molecular complexity index is 644. The molecule has 2 rings (SSSR count). The Labute approximate surface area is 120 Å². The third-order valence-corrected chi connectivity index (χ3v) is 3.35. The van der Waals surface area contributed by atoms with E-state index in [0.29, 0.717) is 10.7 Å². The van der Waals surface area contributed by atoms with E-state index < -0.39 is 0 Å². The van der Waals surface area contributed by atoms with Gasteiger partial charge in [0.05, 0.1) is 10.6 Å². The van der Waals surface area contributed by atoms with E-state index in [1.165, 1.54) is 12.3 Å². The van der Waals surface area contributed by atoms with Crippen LogP contribution in [0, 0.1) is 6.92 Å². The van der Waals surface area contributed by atoms with Crippen molar-refractivity contribution in [1.82, 2.24) is 4.98 Å². The summed E-state index contributed by atoms with van der Waals surface area (Å²) in [7, 11) is 0. The van der Waals surface area contributed by atoms with Crippen molar-refractivity contribution in [2.75, 3.05) is 11.1 Å². The lowest BCUT2D eigenvalue weighted by molar-refractivity contribution is 0.102. The molecule has 0 radical (unpaired) electrons. The number of hydrogen-bond donors (Lipinski definition) is 2. The number of benzene rings is 1. The predicted molar refractivity (Wildman–Crippen MR) is 77.8 cm³/mol. The number of nitrogens with one attached hydrogen (secondary N) is 1. The van der Waals surface area contributed by atoms with Crippen LogP contribution in [0.4, 0.5) is 11.5 Å². The standard InChI is InChI=1S/C13H11Cl2N3O/c1-7-9(14)3-2-4-11(7)18-13(19)8-5-12(16)17-6-10(8)15/h2-6H,1H3,(H2,16,17)(H,18,19). The van der Waals surface area contributed by atoms with Crippen molar-refractivity contribution in [3.05, 3.63) is 51.6 Å². The van der Waals surface area contributed by atoms with E-state index in [9.17, 15) is 4.79 Å². The number of nitrogens with zero attached hydrogens (tertiary/aromatic N) is 1. The first-order chi connectivity index (χ1) is 8.99. The maximum atomic E-state index is 12.1. The van der Waals surface area contributed by atoms with Gasteiger partial charge in [-0.3, -0.25) is 4.79 Å². The fourth-order valence-electron chi connectivity index (χ4n) is 1.56. The molecule has 2 aromatic rings. The van der Waals surface area contributed by atoms with E-state index in [4.69, 9.17) is 28.9 Å². The number of anilines is 2. The topological polar surface area (TPSA) is 68.0 Å². The number of aromatic nitrogens is 1. The van der Waals surface area contributed by atoms with Gasteiger partial charge in [-0.15, -0.1) is 0 Å². The van der Waals surface area contributed by atoms with Crippen molar-refractivity contribution in [2.24, 2.45) is 0 Å². The molecule has 6 heteroatoms. The van der Waals surface area contributed by atoms with Crippen molar-refractivity contribution >= 4 is 40.6 Å². The van der Waals surface area contributed by atoms with Crippen LogP contribution in [0.15, 0.2) is 30.5 Å². The number of carbonyl (C=O) groups is 1. The molecule has 1 amide bonds. The second kappa shape index (κ2) is 5.47. The molecule has 0 bridgehead atoms. The summed E-state index contributed by atoms with van der Waals surface area (Å²) in [6, 6.07) is 6.70. The summed E-state index contributed by atoms with van der Waals surface area (Å²) in [5, 5.41) is 3.57. The van der Waals surface area contributed by atoms with Gasteiger partial charge in [0.15, 0.2) is 0 Å². The summed E-state index contributed by atoms with van der Waals surface area (Å²) in [5.41, 5.74) is 7.23. The van der Waals surface area contributed by atoms with Gasteiger partial charge < -0.3 is 11.1 Å². The molecule has 19 heavy (non-hydrogen) atoms. The minimum atomic E-state index is -0.357. The highest BCUT2D eigenvalue weighted by Crippen LogP contribution is 2.24. The zero-order valence-electron chi connectivity index (χ0n) is 10.1. The summed E-state index contributed by atoms with van der Waals surface area (Å²) >= 11 is 11.9. The summed E-state index contributed by atoms with van der Waals surface area (Å²) in [6.45, 7) is 1.82. The van der Waals surface area contributed by atoms with Gasteiger partial charge in [0.1, 0.15) is 5.82 Å². The van der Waals surface area contributed by atoms with Crippen molar-refractivity contribution in [1.29, 1.82) is 0 Å². The van der Waals surface area contributed by atoms with Crippen LogP contribution in [0.1, 0.15) is 15.9 Å². The van der Waals surface area contributed by atoms with Crippen molar-refractivity contribution in [3.63, 3.8) is 0 Å². The van der Waals surface area contributed by atoms with Crippen molar-refractivity contribution < 1.29 is 4.79 Å². The Hall–Kier alpha value is -1.78. The van der Waals surface area contributed by atoms with Crippen LogP contribution < -0.4 is 11.1 Å². The zero-order chi connectivity index (χ0) is 14.0. The first-order valence-electron chi connectivity index (χ1n) is 5.46. The van der Waals surface area contributed by atoms with Gasteiger partial charge in [-0.1, -0.05) is 29.3 Å². The van der Waals surface area contributed by atoms with Crippen LogP contribution >= 0.6 is 23.2 Å². The second-order valence-electron chi connectivity index (χ2n) is 3.96. The third-order valence-electron chi connectivity index (χ3n) is 2.64. The van der Waals surface area contributed by atoms with Crippen LogP contribution in [0.25, 0.3) is 0 Å². The minimum Gasteiger partial charge on any atom is -0.384 e. The molecule has 0 fully saturated rings. The lowest BCUT2D eigenvalue weighted by Gasteiger charge is -2.10. The second-order valence-corrected chi connectivity index (χ2v) is 4.77. The largest absolute Gasteiger partial charge is 0.384 e. The lowest BCUT2D eigenvalue weighted by atomic mass is 10.2. The fraction of sp³-hybridized carbons (Fsp3) is 0.0769. The molecule has 1 aromatic heterocycles. The molecule has 0 aliphatic carbocycles. The predicted octanol–water partition coefficient (Wildman–Crippen LogP) is 3.53. The van der Waals surface area contributed by atoms with Crippen molar-refractivity contribution in [2.45, 2.75) is 6.92 Å². The Morgan fingerprint density at radius 3 is 2.79 bits per heavy atom. The number of carbonyl (C=O) groups excluding carboxylic acids is 1. The van der Waals surface area contributed by atoms with Gasteiger partial charge in [-0.25, -0.2) is 4.98 Å².